The lowest BCUT2D eigenvalue weighted by atomic mass is 10.2. The van der Waals surface area contributed by atoms with E-state index in [-0.39, 0.29) is 10.9 Å². The van der Waals surface area contributed by atoms with Crippen molar-refractivity contribution in [1.29, 1.82) is 0 Å². The third-order valence-electron chi connectivity index (χ3n) is 2.44. The highest BCUT2D eigenvalue weighted by Gasteiger charge is 2.09. The van der Waals surface area contributed by atoms with Crippen LogP contribution in [-0.4, -0.2) is 15.9 Å². The molecule has 19 heavy (non-hydrogen) atoms. The first-order valence-corrected chi connectivity index (χ1v) is 6.17. The topological polar surface area (TPSA) is 68.0 Å². The number of carbonyl (C=O) groups excluding carboxylic acids is 1. The molecule has 1 heterocycles. The second-order valence-corrected chi connectivity index (χ2v) is 4.60. The van der Waals surface area contributed by atoms with Crippen molar-refractivity contribution < 1.29 is 4.79 Å². The molecule has 0 aliphatic carbocycles. The van der Waals surface area contributed by atoms with Gasteiger partial charge < -0.3 is 11.1 Å². The molecule has 96 valence electrons. The molecule has 0 aliphatic heterocycles. The number of thiocarbonyl (C=S) groups is 1. The average Bonchev–Trinajstić information content (AvgIpc) is 2.42. The molecule has 2 rings (SSSR count). The minimum atomic E-state index is -0.274. The van der Waals surface area contributed by atoms with Crippen LogP contribution in [-0.2, 0) is 0 Å². The normalized spacial score (nSPS) is 9.95. The molecule has 4 nitrogen and oxygen atoms in total. The number of halogens is 1. The van der Waals surface area contributed by atoms with Gasteiger partial charge in [0.25, 0.3) is 5.91 Å². The smallest absolute Gasteiger partial charge is 0.255 e. The summed E-state index contributed by atoms with van der Waals surface area (Å²) in [7, 11) is 0. The van der Waals surface area contributed by atoms with Crippen LogP contribution in [0.2, 0.25) is 5.02 Å². The van der Waals surface area contributed by atoms with Crippen molar-refractivity contribution in [3.8, 4) is 0 Å². The highest BCUT2D eigenvalue weighted by molar-refractivity contribution is 7.80. The van der Waals surface area contributed by atoms with Gasteiger partial charge in [0.05, 0.1) is 10.7 Å². The first-order valence-electron chi connectivity index (χ1n) is 5.38. The number of nitrogens with zero attached hydrogens (tertiary/aromatic N) is 1. The van der Waals surface area contributed by atoms with Crippen LogP contribution in [0.5, 0.6) is 0 Å². The van der Waals surface area contributed by atoms with Crippen LogP contribution in [0.4, 0.5) is 5.69 Å². The molecule has 0 unspecified atom stereocenters. The third-order valence-corrected chi connectivity index (χ3v) is 3.01. The van der Waals surface area contributed by atoms with Gasteiger partial charge in [-0.2, -0.15) is 0 Å². The Hall–Kier alpha value is -1.98. The zero-order chi connectivity index (χ0) is 13.8. The molecule has 0 spiro atoms. The van der Waals surface area contributed by atoms with Gasteiger partial charge in [0, 0.05) is 23.5 Å². The molecule has 2 aromatic rings. The molecule has 0 aliphatic rings. The fourth-order valence-corrected chi connectivity index (χ4v) is 1.76. The Morgan fingerprint density at radius 2 is 1.89 bits per heavy atom. The molecule has 1 aromatic heterocycles. The van der Waals surface area contributed by atoms with E-state index in [0.717, 1.165) is 0 Å². The van der Waals surface area contributed by atoms with E-state index in [1.165, 1.54) is 0 Å². The van der Waals surface area contributed by atoms with Crippen molar-refractivity contribution >= 4 is 40.4 Å². The summed E-state index contributed by atoms with van der Waals surface area (Å²) in [6.45, 7) is 0. The van der Waals surface area contributed by atoms with Crippen LogP contribution in [0.3, 0.4) is 0 Å². The summed E-state index contributed by atoms with van der Waals surface area (Å²) < 4.78 is 0. The Balaban J connectivity index is 2.26. The van der Waals surface area contributed by atoms with E-state index in [0.29, 0.717) is 21.8 Å². The minimum absolute atomic E-state index is 0.246. The molecule has 1 amide bonds. The third kappa shape index (κ3) is 3.27. The van der Waals surface area contributed by atoms with Crippen molar-refractivity contribution in [3.63, 3.8) is 0 Å². The van der Waals surface area contributed by atoms with Crippen molar-refractivity contribution in [3.05, 3.63) is 58.9 Å². The lowest BCUT2D eigenvalue weighted by molar-refractivity contribution is 0.102. The molecule has 0 radical (unpaired) electrons. The molecular formula is C13H10ClN3OS. The highest BCUT2D eigenvalue weighted by Crippen LogP contribution is 2.23. The highest BCUT2D eigenvalue weighted by atomic mass is 35.5. The van der Waals surface area contributed by atoms with Crippen LogP contribution in [0.25, 0.3) is 0 Å². The fraction of sp³-hybridized carbons (Fsp3) is 0. The number of amides is 1. The van der Waals surface area contributed by atoms with Gasteiger partial charge in [-0.05, 0) is 24.3 Å². The largest absolute Gasteiger partial charge is 0.389 e. The van der Waals surface area contributed by atoms with E-state index in [1.807, 2.05) is 0 Å². The molecule has 0 atom stereocenters. The monoisotopic (exact) mass is 291 g/mol. The van der Waals surface area contributed by atoms with Crippen LogP contribution < -0.4 is 11.1 Å². The molecule has 0 saturated carbocycles. The predicted octanol–water partition coefficient (Wildman–Crippen LogP) is 2.62. The molecule has 6 heteroatoms. The number of hydrogen-bond donors (Lipinski definition) is 2. The molecule has 0 bridgehead atoms. The van der Waals surface area contributed by atoms with E-state index in [2.05, 4.69) is 10.3 Å². The van der Waals surface area contributed by atoms with Gasteiger partial charge in [-0.15, -0.1) is 0 Å². The van der Waals surface area contributed by atoms with Crippen molar-refractivity contribution in [1.82, 2.24) is 4.98 Å². The van der Waals surface area contributed by atoms with Crippen molar-refractivity contribution in [2.24, 2.45) is 5.73 Å². The number of aromatic nitrogens is 1. The molecule has 0 saturated heterocycles. The van der Waals surface area contributed by atoms with Gasteiger partial charge in [0.1, 0.15) is 4.99 Å². The van der Waals surface area contributed by atoms with Gasteiger partial charge in [-0.25, -0.2) is 0 Å². The number of hydrogen-bond acceptors (Lipinski definition) is 3. The number of anilines is 1. The van der Waals surface area contributed by atoms with Gasteiger partial charge >= 0.3 is 0 Å². The first kappa shape index (κ1) is 13.5. The maximum atomic E-state index is 12.0. The zero-order valence-electron chi connectivity index (χ0n) is 9.76. The lowest BCUT2D eigenvalue weighted by Gasteiger charge is -2.09. The fourth-order valence-electron chi connectivity index (χ4n) is 1.47. The maximum absolute atomic E-state index is 12.0. The summed E-state index contributed by atoms with van der Waals surface area (Å²) in [5, 5.41) is 3.13. The van der Waals surface area contributed by atoms with Gasteiger partial charge in [0.15, 0.2) is 0 Å². The first-order chi connectivity index (χ1) is 9.08. The summed E-state index contributed by atoms with van der Waals surface area (Å²) in [6, 6.07) is 8.20. The van der Waals surface area contributed by atoms with E-state index in [4.69, 9.17) is 29.6 Å². The van der Waals surface area contributed by atoms with Gasteiger partial charge in [0.2, 0.25) is 0 Å². The minimum Gasteiger partial charge on any atom is -0.389 e. The van der Waals surface area contributed by atoms with Gasteiger partial charge in [-0.1, -0.05) is 29.9 Å². The second-order valence-electron chi connectivity index (χ2n) is 3.75. The lowest BCUT2D eigenvalue weighted by Crippen LogP contribution is -2.14. The Labute approximate surface area is 120 Å². The Kier molecular flexibility index (Phi) is 4.09. The Morgan fingerprint density at radius 3 is 2.53 bits per heavy atom. The number of pyridine rings is 1. The number of nitrogens with one attached hydrogen (secondary N) is 1. The summed E-state index contributed by atoms with van der Waals surface area (Å²) in [5.74, 6) is -0.274. The average molecular weight is 292 g/mol. The van der Waals surface area contributed by atoms with Crippen molar-refractivity contribution in [2.75, 3.05) is 5.32 Å². The molecule has 0 fully saturated rings. The van der Waals surface area contributed by atoms with Crippen molar-refractivity contribution in [2.45, 2.75) is 0 Å². The summed E-state index contributed by atoms with van der Waals surface area (Å²) in [4.78, 5) is 16.1. The second kappa shape index (κ2) is 5.77. The van der Waals surface area contributed by atoms with E-state index in [9.17, 15) is 4.79 Å². The van der Waals surface area contributed by atoms with Crippen LogP contribution in [0.1, 0.15) is 15.9 Å². The van der Waals surface area contributed by atoms with Gasteiger partial charge in [-0.3, -0.25) is 9.78 Å². The van der Waals surface area contributed by atoms with E-state index in [1.54, 1.807) is 42.7 Å². The maximum Gasteiger partial charge on any atom is 0.255 e. The van der Waals surface area contributed by atoms with Crippen LogP contribution >= 0.6 is 23.8 Å². The standard InChI is InChI=1S/C13H10ClN3OS/c14-10-2-1-9(12(15)19)7-11(10)17-13(18)8-3-5-16-6-4-8/h1-7H,(H2,15,19)(H,17,18). The zero-order valence-corrected chi connectivity index (χ0v) is 11.3. The Bertz CT molecular complexity index is 631. The SMILES string of the molecule is NC(=S)c1ccc(Cl)c(NC(=O)c2ccncc2)c1. The molecule has 3 N–H and O–H groups in total. The summed E-state index contributed by atoms with van der Waals surface area (Å²) in [6.07, 6.45) is 3.09. The molecular weight excluding hydrogens is 282 g/mol. The quantitative estimate of drug-likeness (QED) is 0.853. The number of nitrogens with two attached hydrogens (primary N) is 1. The van der Waals surface area contributed by atoms with E-state index < -0.39 is 0 Å². The van der Waals surface area contributed by atoms with E-state index >= 15 is 0 Å². The number of carbonyl (C=O) groups is 1. The van der Waals surface area contributed by atoms with Crippen LogP contribution in [0, 0.1) is 0 Å². The number of rotatable bonds is 3. The Morgan fingerprint density at radius 1 is 1.21 bits per heavy atom. The number of benzene rings is 1. The summed E-state index contributed by atoms with van der Waals surface area (Å²) in [5.41, 5.74) is 7.14. The summed E-state index contributed by atoms with van der Waals surface area (Å²) >= 11 is 10.9. The molecule has 1 aromatic carbocycles. The predicted molar refractivity (Wildman–Crippen MR) is 79.5 cm³/mol. The van der Waals surface area contributed by atoms with Crippen LogP contribution in [0.15, 0.2) is 42.7 Å².